The van der Waals surface area contributed by atoms with E-state index >= 15 is 0 Å². The highest BCUT2D eigenvalue weighted by Crippen LogP contribution is 2.50. The summed E-state index contributed by atoms with van der Waals surface area (Å²) in [6.07, 6.45) is 17.2. The van der Waals surface area contributed by atoms with Crippen molar-refractivity contribution in [2.24, 2.45) is 23.7 Å². The maximum atomic E-state index is 11.2. The third-order valence-corrected chi connectivity index (χ3v) is 5.84. The molecule has 2 rings (SSSR count). The molecular weight excluding hydrogens is 308 g/mol. The largest absolute Gasteiger partial charge is 0.469 e. The molecule has 0 aromatic heterocycles. The third-order valence-electron chi connectivity index (χ3n) is 5.84. The highest BCUT2D eigenvalue weighted by atomic mass is 16.5. The van der Waals surface area contributed by atoms with Gasteiger partial charge in [-0.25, -0.2) is 0 Å². The molecule has 0 aliphatic heterocycles. The Kier molecular flexibility index (Phi) is 8.32. The Bertz CT molecular complexity index is 546. The zero-order chi connectivity index (χ0) is 18.1. The third kappa shape index (κ3) is 6.38. The minimum absolute atomic E-state index is 0.0916. The summed E-state index contributed by atoms with van der Waals surface area (Å²) in [6.45, 7) is 4.21. The van der Waals surface area contributed by atoms with Gasteiger partial charge in [-0.15, -0.1) is 11.8 Å². The lowest BCUT2D eigenvalue weighted by molar-refractivity contribution is -0.140. The molecule has 2 saturated carbocycles. The van der Waals surface area contributed by atoms with Crippen molar-refractivity contribution in [1.29, 1.82) is 0 Å². The van der Waals surface area contributed by atoms with Crippen molar-refractivity contribution in [3.8, 4) is 11.8 Å². The molecule has 4 atom stereocenters. The second kappa shape index (κ2) is 10.5. The number of rotatable bonds is 8. The first-order chi connectivity index (χ1) is 12.1. The smallest absolute Gasteiger partial charge is 0.305 e. The summed E-state index contributed by atoms with van der Waals surface area (Å²) in [5, 5.41) is 0. The average molecular weight is 343 g/mol. The monoisotopic (exact) mass is 342 g/mol. The molecule has 2 heteroatoms. The van der Waals surface area contributed by atoms with E-state index in [1.165, 1.54) is 32.8 Å². The van der Waals surface area contributed by atoms with Gasteiger partial charge in [0.15, 0.2) is 0 Å². The molecule has 2 aliphatic carbocycles. The number of hydrogen-bond donors (Lipinski definition) is 0. The molecule has 0 heterocycles. The quantitative estimate of drug-likeness (QED) is 0.245. The molecule has 2 unspecified atom stereocenters. The number of carbonyl (C=O) groups is 1. The van der Waals surface area contributed by atoms with E-state index in [1.54, 1.807) is 5.57 Å². The normalized spacial score (nSPS) is 28.0. The number of methoxy groups -OCH3 is 1. The lowest BCUT2D eigenvalue weighted by atomic mass is 9.91. The molecule has 2 nitrogen and oxygen atoms in total. The van der Waals surface area contributed by atoms with Gasteiger partial charge in [0, 0.05) is 12.8 Å². The van der Waals surface area contributed by atoms with E-state index in [4.69, 9.17) is 4.74 Å². The van der Waals surface area contributed by atoms with Crippen molar-refractivity contribution in [2.75, 3.05) is 7.11 Å². The number of carbonyl (C=O) groups excluding carboxylic acids is 1. The highest BCUT2D eigenvalue weighted by Gasteiger charge is 2.39. The van der Waals surface area contributed by atoms with Crippen LogP contribution in [0.4, 0.5) is 0 Å². The average Bonchev–Trinajstić information content (AvgIpc) is 3.17. The fraction of sp³-hybridized carbons (Fsp3) is 0.696. The van der Waals surface area contributed by atoms with Crippen LogP contribution in [0.25, 0.3) is 0 Å². The van der Waals surface area contributed by atoms with E-state index in [0.29, 0.717) is 12.3 Å². The second-order valence-corrected chi connectivity index (χ2v) is 7.80. The number of unbranched alkanes of at least 4 members (excludes halogenated alkanes) is 1. The Labute approximate surface area is 154 Å². The van der Waals surface area contributed by atoms with Gasteiger partial charge in [0.2, 0.25) is 0 Å². The molecule has 0 bridgehead atoms. The van der Waals surface area contributed by atoms with Gasteiger partial charge in [0.25, 0.3) is 0 Å². The first kappa shape index (κ1) is 19.8. The van der Waals surface area contributed by atoms with Gasteiger partial charge < -0.3 is 4.74 Å². The maximum Gasteiger partial charge on any atom is 0.305 e. The Balaban J connectivity index is 1.74. The van der Waals surface area contributed by atoms with E-state index in [0.717, 1.165) is 43.4 Å². The minimum atomic E-state index is -0.0916. The highest BCUT2D eigenvalue weighted by molar-refractivity contribution is 5.69. The van der Waals surface area contributed by atoms with Crippen LogP contribution in [0.2, 0.25) is 0 Å². The fourth-order valence-corrected chi connectivity index (χ4v) is 4.38. The molecular formula is C23H34O2. The molecule has 0 aromatic rings. The van der Waals surface area contributed by atoms with Gasteiger partial charge >= 0.3 is 5.97 Å². The Morgan fingerprint density at radius 2 is 2.20 bits per heavy atom. The molecule has 25 heavy (non-hydrogen) atoms. The van der Waals surface area contributed by atoms with Crippen molar-refractivity contribution >= 4 is 5.97 Å². The first-order valence-corrected chi connectivity index (χ1v) is 9.95. The van der Waals surface area contributed by atoms with Crippen LogP contribution in [-0.4, -0.2) is 13.1 Å². The number of allylic oxidation sites excluding steroid dienone is 4. The van der Waals surface area contributed by atoms with Crippen LogP contribution in [-0.2, 0) is 9.53 Å². The summed E-state index contributed by atoms with van der Waals surface area (Å²) < 4.78 is 4.70. The summed E-state index contributed by atoms with van der Waals surface area (Å²) >= 11 is 0. The zero-order valence-electron chi connectivity index (χ0n) is 16.2. The van der Waals surface area contributed by atoms with E-state index in [2.05, 4.69) is 37.0 Å². The number of ether oxygens (including phenoxy) is 1. The molecule has 0 aromatic carbocycles. The summed E-state index contributed by atoms with van der Waals surface area (Å²) in [4.78, 5) is 11.2. The maximum absolute atomic E-state index is 11.2. The van der Waals surface area contributed by atoms with Crippen molar-refractivity contribution < 1.29 is 9.53 Å². The van der Waals surface area contributed by atoms with Crippen LogP contribution in [0.5, 0.6) is 0 Å². The Hall–Kier alpha value is -1.49. The SMILES string of the molecule is CC#CCC(C)C/C=C/C1CC[C@@H]2C/C(=C\CCCC(=O)OC)C[C@H]12. The lowest BCUT2D eigenvalue weighted by Crippen LogP contribution is -2.06. The Morgan fingerprint density at radius 3 is 2.96 bits per heavy atom. The number of hydrogen-bond acceptors (Lipinski definition) is 2. The summed E-state index contributed by atoms with van der Waals surface area (Å²) in [5.41, 5.74) is 1.63. The van der Waals surface area contributed by atoms with Gasteiger partial charge in [0.1, 0.15) is 0 Å². The van der Waals surface area contributed by atoms with E-state index < -0.39 is 0 Å². The molecule has 0 N–H and O–H groups in total. The van der Waals surface area contributed by atoms with Crippen LogP contribution in [0.3, 0.4) is 0 Å². The predicted molar refractivity (Wildman–Crippen MR) is 104 cm³/mol. The van der Waals surface area contributed by atoms with Crippen molar-refractivity contribution in [3.05, 3.63) is 23.8 Å². The topological polar surface area (TPSA) is 26.3 Å². The van der Waals surface area contributed by atoms with Gasteiger partial charge in [-0.3, -0.25) is 4.79 Å². The lowest BCUT2D eigenvalue weighted by Gasteiger charge is -2.14. The van der Waals surface area contributed by atoms with Gasteiger partial charge in [-0.05, 0) is 75.5 Å². The molecule has 0 saturated heterocycles. The molecule has 0 radical (unpaired) electrons. The first-order valence-electron chi connectivity index (χ1n) is 9.95. The van der Waals surface area contributed by atoms with Crippen LogP contribution < -0.4 is 0 Å². The van der Waals surface area contributed by atoms with Crippen LogP contribution in [0.15, 0.2) is 23.8 Å². The van der Waals surface area contributed by atoms with Gasteiger partial charge in [-0.1, -0.05) is 30.7 Å². The molecule has 0 spiro atoms. The van der Waals surface area contributed by atoms with Gasteiger partial charge in [-0.2, -0.15) is 0 Å². The summed E-state index contributed by atoms with van der Waals surface area (Å²) in [7, 11) is 1.46. The van der Waals surface area contributed by atoms with Crippen molar-refractivity contribution in [3.63, 3.8) is 0 Å². The number of esters is 1. The van der Waals surface area contributed by atoms with E-state index in [-0.39, 0.29) is 5.97 Å². The molecule has 138 valence electrons. The molecule has 2 fully saturated rings. The molecule has 2 aliphatic rings. The van der Waals surface area contributed by atoms with E-state index in [9.17, 15) is 4.79 Å². The van der Waals surface area contributed by atoms with Crippen molar-refractivity contribution in [2.45, 2.75) is 71.6 Å². The molecule has 0 amide bonds. The van der Waals surface area contributed by atoms with Gasteiger partial charge in [0.05, 0.1) is 7.11 Å². The second-order valence-electron chi connectivity index (χ2n) is 7.80. The zero-order valence-corrected chi connectivity index (χ0v) is 16.2. The fourth-order valence-electron chi connectivity index (χ4n) is 4.38. The standard InChI is InChI=1S/C23H34O2/c1-4-5-9-18(2)10-8-12-20-14-15-21-16-19(17-22(20)21)11-6-7-13-23(24)25-3/h8,11-12,18,20-22H,6-7,9-10,13-17H2,1-3H3/b12-8+,19-11+/t18?,20?,21-,22-/m1/s1. The summed E-state index contributed by atoms with van der Waals surface area (Å²) in [6, 6.07) is 0. The van der Waals surface area contributed by atoms with Crippen LogP contribution in [0, 0.1) is 35.5 Å². The predicted octanol–water partition coefficient (Wildman–Crippen LogP) is 5.69. The number of fused-ring (bicyclic) bond motifs is 1. The van der Waals surface area contributed by atoms with Crippen LogP contribution in [0.1, 0.15) is 71.6 Å². The minimum Gasteiger partial charge on any atom is -0.469 e. The van der Waals surface area contributed by atoms with E-state index in [1.807, 2.05) is 6.92 Å². The van der Waals surface area contributed by atoms with Crippen molar-refractivity contribution in [1.82, 2.24) is 0 Å². The Morgan fingerprint density at radius 1 is 1.36 bits per heavy atom. The van der Waals surface area contributed by atoms with Crippen LogP contribution >= 0.6 is 0 Å². The summed E-state index contributed by atoms with van der Waals surface area (Å²) in [5.74, 6) is 9.27.